The van der Waals surface area contributed by atoms with Crippen LogP contribution in [-0.2, 0) is 39.1 Å². The van der Waals surface area contributed by atoms with E-state index in [4.69, 9.17) is 0 Å². The van der Waals surface area contributed by atoms with Crippen molar-refractivity contribution in [2.45, 2.75) is 38.5 Å². The van der Waals surface area contributed by atoms with E-state index in [-0.39, 0.29) is 84.1 Å². The van der Waals surface area contributed by atoms with Crippen LogP contribution in [0.1, 0.15) is 54.4 Å². The first-order chi connectivity index (χ1) is 10.4. The van der Waals surface area contributed by atoms with Crippen molar-refractivity contribution in [1.29, 1.82) is 0 Å². The third-order valence-electron chi connectivity index (χ3n) is 4.89. The van der Waals surface area contributed by atoms with E-state index in [0.29, 0.717) is 0 Å². The van der Waals surface area contributed by atoms with Crippen LogP contribution in [0, 0.1) is 6.42 Å². The maximum atomic E-state index is 2.41. The van der Waals surface area contributed by atoms with E-state index >= 15 is 0 Å². The average Bonchev–Trinajstić information content (AvgIpc) is 2.77. The molecule has 2 radical (unpaired) electrons. The first-order valence-corrected chi connectivity index (χ1v) is 8.16. The van der Waals surface area contributed by atoms with Crippen LogP contribution in [0.15, 0.2) is 48.5 Å². The Morgan fingerprint density at radius 2 is 1.30 bits per heavy atom. The van der Waals surface area contributed by atoms with Gasteiger partial charge >= 0.3 is 0 Å². The molecule has 23 heavy (non-hydrogen) atoms. The van der Waals surface area contributed by atoms with Crippen LogP contribution >= 0.6 is 0 Å². The van der Waals surface area contributed by atoms with Gasteiger partial charge in [-0.2, -0.15) is 18.1 Å². The second-order valence-corrected chi connectivity index (χ2v) is 6.17. The Hall–Kier alpha value is 0.790. The van der Waals surface area contributed by atoms with Gasteiger partial charge in [0.15, 0.2) is 0 Å². The van der Waals surface area contributed by atoms with Crippen LogP contribution in [0.2, 0.25) is 0 Å². The first kappa shape index (κ1) is 20.1. The smallest absolute Gasteiger partial charge is 0 e. The minimum atomic E-state index is 0. The number of fused-ring (bicyclic) bond motifs is 4. The van der Waals surface area contributed by atoms with Crippen molar-refractivity contribution in [2.24, 2.45) is 0 Å². The van der Waals surface area contributed by atoms with E-state index in [9.17, 15) is 0 Å². The molecular formula is C21H21KY-. The standard InChI is InChI=1S/C21H21.K.Y/c1-2-12-20-18-10-6-4-8-16(18)14-15-17-9-5-7-11-19(17)21(20)13-3-1;;/h4-11,14H,1-3,12-13,15H2;;/q-1;;. The fourth-order valence-electron chi connectivity index (χ4n) is 3.84. The van der Waals surface area contributed by atoms with E-state index < -0.39 is 0 Å². The molecule has 0 aliphatic heterocycles. The summed E-state index contributed by atoms with van der Waals surface area (Å²) in [6, 6.07) is 18.0. The van der Waals surface area contributed by atoms with Gasteiger partial charge in [0.25, 0.3) is 0 Å². The quantitative estimate of drug-likeness (QED) is 0.416. The average molecular weight is 401 g/mol. The van der Waals surface area contributed by atoms with Gasteiger partial charge in [-0.1, -0.05) is 55.2 Å². The number of rotatable bonds is 0. The molecular weight excluding hydrogens is 380 g/mol. The van der Waals surface area contributed by atoms with Gasteiger partial charge in [-0.25, -0.2) is 0 Å². The normalized spacial score (nSPS) is 16.0. The summed E-state index contributed by atoms with van der Waals surface area (Å²) in [4.78, 5) is 0. The Labute approximate surface area is 207 Å². The molecule has 2 heteroatoms. The molecule has 2 aromatic rings. The zero-order valence-corrected chi connectivity index (χ0v) is 20.0. The van der Waals surface area contributed by atoms with Crippen LogP contribution in [-0.4, -0.2) is 51.4 Å². The second kappa shape index (κ2) is 9.48. The summed E-state index contributed by atoms with van der Waals surface area (Å²) < 4.78 is 0. The van der Waals surface area contributed by atoms with E-state index in [1.807, 2.05) is 0 Å². The summed E-state index contributed by atoms with van der Waals surface area (Å²) in [6.07, 6.45) is 9.94. The van der Waals surface area contributed by atoms with Gasteiger partial charge in [0.2, 0.25) is 0 Å². The molecule has 0 amide bonds. The van der Waals surface area contributed by atoms with Crippen molar-refractivity contribution < 1.29 is 32.7 Å². The third-order valence-corrected chi connectivity index (χ3v) is 4.89. The largest absolute Gasteiger partial charge is 0.184 e. The maximum absolute atomic E-state index is 2.41. The van der Waals surface area contributed by atoms with Crippen LogP contribution < -0.4 is 0 Å². The van der Waals surface area contributed by atoms with Gasteiger partial charge in [0, 0.05) is 84.1 Å². The monoisotopic (exact) mass is 401 g/mol. The molecule has 0 spiro atoms. The van der Waals surface area contributed by atoms with Crippen molar-refractivity contribution in [3.8, 4) is 0 Å². The van der Waals surface area contributed by atoms with Gasteiger partial charge < -0.3 is 0 Å². The summed E-state index contributed by atoms with van der Waals surface area (Å²) in [6.45, 7) is 0. The third kappa shape index (κ3) is 4.31. The maximum Gasteiger partial charge on any atom is 0 e. The molecule has 0 fully saturated rings. The summed E-state index contributed by atoms with van der Waals surface area (Å²) in [5.74, 6) is 0. The molecule has 2 aromatic carbocycles. The molecule has 2 aliphatic rings. The van der Waals surface area contributed by atoms with Crippen molar-refractivity contribution in [1.82, 2.24) is 0 Å². The van der Waals surface area contributed by atoms with Crippen molar-refractivity contribution in [3.05, 3.63) is 77.2 Å². The number of benzene rings is 2. The molecule has 0 bridgehead atoms. The number of allylic oxidation sites excluding steroid dienone is 2. The van der Waals surface area contributed by atoms with Crippen molar-refractivity contribution in [2.75, 3.05) is 0 Å². The zero-order valence-electron chi connectivity index (χ0n) is 14.0. The summed E-state index contributed by atoms with van der Waals surface area (Å²) in [7, 11) is 0. The Kier molecular flexibility index (Phi) is 8.29. The molecule has 0 heterocycles. The van der Waals surface area contributed by atoms with Gasteiger partial charge in [-0.15, -0.1) is 17.7 Å². The minimum Gasteiger partial charge on any atom is -0.184 e. The van der Waals surface area contributed by atoms with Gasteiger partial charge in [-0.3, -0.25) is 0 Å². The molecule has 0 atom stereocenters. The molecule has 4 rings (SSSR count). The Balaban J connectivity index is 0.000000960. The molecule has 0 saturated heterocycles. The van der Waals surface area contributed by atoms with Crippen molar-refractivity contribution in [3.63, 3.8) is 0 Å². The molecule has 2 aliphatic carbocycles. The van der Waals surface area contributed by atoms with Crippen LogP contribution in [0.25, 0.3) is 11.1 Å². The topological polar surface area (TPSA) is 0 Å². The first-order valence-electron chi connectivity index (χ1n) is 8.16. The summed E-state index contributed by atoms with van der Waals surface area (Å²) in [5.41, 5.74) is 9.10. The van der Waals surface area contributed by atoms with Crippen LogP contribution in [0.3, 0.4) is 0 Å². The molecule has 110 valence electrons. The molecule has 0 N–H and O–H groups in total. The minimum absolute atomic E-state index is 0. The predicted octanol–water partition coefficient (Wildman–Crippen LogP) is 5.29. The summed E-state index contributed by atoms with van der Waals surface area (Å²) in [5, 5.41) is 0. The Morgan fingerprint density at radius 3 is 2.09 bits per heavy atom. The van der Waals surface area contributed by atoms with Gasteiger partial charge in [0.1, 0.15) is 0 Å². The zero-order chi connectivity index (χ0) is 14.1. The van der Waals surface area contributed by atoms with E-state index in [2.05, 4.69) is 55.0 Å². The fraction of sp³-hybridized carbons (Fsp3) is 0.286. The Morgan fingerprint density at radius 1 is 0.696 bits per heavy atom. The fourth-order valence-corrected chi connectivity index (χ4v) is 3.84. The van der Waals surface area contributed by atoms with Gasteiger partial charge in [0.05, 0.1) is 0 Å². The molecule has 0 aromatic heterocycles. The van der Waals surface area contributed by atoms with Crippen molar-refractivity contribution >= 4 is 62.5 Å². The van der Waals surface area contributed by atoms with Crippen LogP contribution in [0.4, 0.5) is 0 Å². The second-order valence-electron chi connectivity index (χ2n) is 6.17. The Bertz CT molecular complexity index is 643. The van der Waals surface area contributed by atoms with E-state index in [1.165, 1.54) is 54.4 Å². The summed E-state index contributed by atoms with van der Waals surface area (Å²) >= 11 is 0. The molecule has 0 nitrogen and oxygen atoms in total. The van der Waals surface area contributed by atoms with E-state index in [0.717, 1.165) is 6.42 Å². The predicted molar refractivity (Wildman–Crippen MR) is 95.6 cm³/mol. The van der Waals surface area contributed by atoms with E-state index in [1.54, 1.807) is 11.1 Å². The SMILES string of the molecule is [K].[Y].c1ccc2c(c1)[CH-]Cc1ccccc1C1=C2CCCCC1. The molecule has 0 saturated carbocycles. The van der Waals surface area contributed by atoms with Gasteiger partial charge in [-0.05, 0) is 36.0 Å². The van der Waals surface area contributed by atoms with Crippen LogP contribution in [0.5, 0.6) is 0 Å². The number of hydrogen-bond acceptors (Lipinski definition) is 0. The molecule has 0 unspecified atom stereocenters. The number of hydrogen-bond donors (Lipinski definition) is 0.